The van der Waals surface area contributed by atoms with Crippen LogP contribution >= 0.6 is 0 Å². The topological polar surface area (TPSA) is 69.7 Å². The normalized spacial score (nSPS) is 25.0. The van der Waals surface area contributed by atoms with Crippen molar-refractivity contribution in [2.75, 3.05) is 41.4 Å². The minimum Gasteiger partial charge on any atom is -0.378 e. The highest BCUT2D eigenvalue weighted by Gasteiger charge is 2.64. The van der Waals surface area contributed by atoms with Gasteiger partial charge in [0.1, 0.15) is 11.4 Å². The van der Waals surface area contributed by atoms with E-state index in [0.717, 1.165) is 35.7 Å². The maximum absolute atomic E-state index is 13.9. The molecule has 2 aromatic rings. The quantitative estimate of drug-likeness (QED) is 0.649. The van der Waals surface area contributed by atoms with E-state index in [2.05, 4.69) is 20.5 Å². The molecule has 1 aromatic heterocycles. The molecule has 1 amide bonds. The van der Waals surface area contributed by atoms with Crippen LogP contribution in [0, 0.1) is 5.92 Å². The lowest BCUT2D eigenvalue weighted by Gasteiger charge is -2.31. The van der Waals surface area contributed by atoms with Crippen LogP contribution in [0.1, 0.15) is 37.7 Å². The van der Waals surface area contributed by atoms with Gasteiger partial charge in [-0.2, -0.15) is 13.2 Å². The van der Waals surface area contributed by atoms with Gasteiger partial charge in [-0.05, 0) is 56.4 Å². The molecule has 2 N–H and O–H groups in total. The first kappa shape index (κ1) is 23.5. The van der Waals surface area contributed by atoms with Gasteiger partial charge in [-0.25, -0.2) is 4.98 Å². The van der Waals surface area contributed by atoms with Gasteiger partial charge in [0.05, 0.1) is 31.1 Å². The number of halogens is 3. The number of ether oxygens (including phenoxy) is 1. The Morgan fingerprint density at radius 1 is 1.17 bits per heavy atom. The second-order valence-corrected chi connectivity index (χ2v) is 10.3. The number of alkyl halides is 3. The Bertz CT molecular complexity index is 1150. The standard InChI is InChI=1S/C26H30F3N5O2/c27-26(28,29)25(7-8-25)32-19-4-3-17(14-19)24(35)34-16-18-2-1-9-30-23(18)31-21-6-5-20(15-22(21)34)33-10-12-36-13-11-33/h1-2,5-6,9,15,17,19,32H,3-4,7-8,10-14,16H2,(H,30,31)/t17-,19?/m1/s1. The van der Waals surface area contributed by atoms with E-state index in [1.807, 2.05) is 30.3 Å². The van der Waals surface area contributed by atoms with Crippen molar-refractivity contribution in [1.29, 1.82) is 0 Å². The summed E-state index contributed by atoms with van der Waals surface area (Å²) < 4.78 is 45.9. The Morgan fingerprint density at radius 2 is 1.97 bits per heavy atom. The van der Waals surface area contributed by atoms with Crippen LogP contribution in [0.25, 0.3) is 0 Å². The van der Waals surface area contributed by atoms with Crippen LogP contribution in [-0.4, -0.2) is 55.0 Å². The Labute approximate surface area is 208 Å². The number of benzene rings is 1. The highest BCUT2D eigenvalue weighted by Crippen LogP contribution is 2.50. The molecule has 4 aliphatic rings. The number of pyridine rings is 1. The lowest BCUT2D eigenvalue weighted by Crippen LogP contribution is -2.49. The van der Waals surface area contributed by atoms with Gasteiger partial charge in [-0.3, -0.25) is 4.79 Å². The van der Waals surface area contributed by atoms with E-state index in [1.165, 1.54) is 0 Å². The molecule has 36 heavy (non-hydrogen) atoms. The number of anilines is 4. The molecule has 3 heterocycles. The minimum atomic E-state index is -4.25. The van der Waals surface area contributed by atoms with Gasteiger partial charge < -0.3 is 25.2 Å². The highest BCUT2D eigenvalue weighted by molar-refractivity contribution is 6.00. The fourth-order valence-electron chi connectivity index (χ4n) is 5.71. The third kappa shape index (κ3) is 4.30. The summed E-state index contributed by atoms with van der Waals surface area (Å²) in [7, 11) is 0. The number of carbonyl (C=O) groups excluding carboxylic acids is 1. The first-order valence-electron chi connectivity index (χ1n) is 12.7. The van der Waals surface area contributed by atoms with E-state index < -0.39 is 11.7 Å². The van der Waals surface area contributed by atoms with E-state index in [-0.39, 0.29) is 30.7 Å². The van der Waals surface area contributed by atoms with Crippen molar-refractivity contribution in [3.8, 4) is 0 Å². The van der Waals surface area contributed by atoms with E-state index >= 15 is 0 Å². The van der Waals surface area contributed by atoms with Gasteiger partial charge in [0.25, 0.3) is 0 Å². The van der Waals surface area contributed by atoms with Gasteiger partial charge in [-0.15, -0.1) is 0 Å². The number of morpholine rings is 1. The van der Waals surface area contributed by atoms with Crippen LogP contribution < -0.4 is 20.4 Å². The zero-order valence-electron chi connectivity index (χ0n) is 20.0. The van der Waals surface area contributed by atoms with Crippen molar-refractivity contribution in [1.82, 2.24) is 10.3 Å². The molecule has 0 bridgehead atoms. The summed E-state index contributed by atoms with van der Waals surface area (Å²) in [5, 5.41) is 6.24. The van der Waals surface area contributed by atoms with Crippen LogP contribution in [0.4, 0.5) is 36.1 Å². The fourth-order valence-corrected chi connectivity index (χ4v) is 5.71. The molecule has 2 atom stereocenters. The lowest BCUT2D eigenvalue weighted by atomic mass is 10.0. The molecule has 1 saturated heterocycles. The molecule has 1 unspecified atom stereocenters. The second kappa shape index (κ2) is 8.92. The van der Waals surface area contributed by atoms with Gasteiger partial charge in [0.2, 0.25) is 5.91 Å². The number of rotatable bonds is 4. The third-order valence-corrected chi connectivity index (χ3v) is 7.94. The van der Waals surface area contributed by atoms with Crippen molar-refractivity contribution in [2.45, 2.75) is 56.4 Å². The average Bonchev–Trinajstić information content (AvgIpc) is 3.57. The van der Waals surface area contributed by atoms with Crippen molar-refractivity contribution in [2.24, 2.45) is 5.92 Å². The van der Waals surface area contributed by atoms with E-state index in [4.69, 9.17) is 4.74 Å². The highest BCUT2D eigenvalue weighted by atomic mass is 19.4. The monoisotopic (exact) mass is 501 g/mol. The molecule has 7 nitrogen and oxygen atoms in total. The molecule has 6 rings (SSSR count). The predicted molar refractivity (Wildman–Crippen MR) is 130 cm³/mol. The Kier molecular flexibility index (Phi) is 5.83. The number of amides is 1. The third-order valence-electron chi connectivity index (χ3n) is 7.94. The van der Waals surface area contributed by atoms with Gasteiger partial charge >= 0.3 is 6.18 Å². The van der Waals surface area contributed by atoms with Crippen molar-refractivity contribution in [3.05, 3.63) is 42.1 Å². The zero-order chi connectivity index (χ0) is 24.9. The molecule has 0 radical (unpaired) electrons. The first-order chi connectivity index (χ1) is 17.3. The first-order valence-corrected chi connectivity index (χ1v) is 12.7. The van der Waals surface area contributed by atoms with Crippen LogP contribution in [-0.2, 0) is 16.1 Å². The summed E-state index contributed by atoms with van der Waals surface area (Å²) in [6.45, 7) is 3.22. The largest absolute Gasteiger partial charge is 0.406 e. The van der Waals surface area contributed by atoms with E-state index in [0.29, 0.717) is 44.8 Å². The molecule has 0 spiro atoms. The number of hydrogen-bond acceptors (Lipinski definition) is 6. The van der Waals surface area contributed by atoms with Gasteiger partial charge in [0, 0.05) is 42.5 Å². The molecule has 1 aromatic carbocycles. The number of aromatic nitrogens is 1. The van der Waals surface area contributed by atoms with Crippen LogP contribution in [0.2, 0.25) is 0 Å². The summed E-state index contributed by atoms with van der Waals surface area (Å²) in [5.41, 5.74) is 1.72. The van der Waals surface area contributed by atoms with Crippen LogP contribution in [0.5, 0.6) is 0 Å². The molecule has 2 aliphatic carbocycles. The molecule has 10 heteroatoms. The maximum atomic E-state index is 13.9. The molecule has 192 valence electrons. The molecule has 3 fully saturated rings. The summed E-state index contributed by atoms with van der Waals surface area (Å²) >= 11 is 0. The molecular weight excluding hydrogens is 471 g/mol. The number of nitrogens with one attached hydrogen (secondary N) is 2. The van der Waals surface area contributed by atoms with Gasteiger partial charge in [0.15, 0.2) is 0 Å². The van der Waals surface area contributed by atoms with Crippen LogP contribution in [0.15, 0.2) is 36.5 Å². The maximum Gasteiger partial charge on any atom is 0.406 e. The SMILES string of the molecule is O=C([C@@H]1CCC(NC2(C(F)(F)F)CC2)C1)N1Cc2cccnc2Nc2ccc(N3CCOCC3)cc21. The molecule has 2 aliphatic heterocycles. The van der Waals surface area contributed by atoms with Gasteiger partial charge in [-0.1, -0.05) is 6.07 Å². The minimum absolute atomic E-state index is 0.0463. The van der Waals surface area contributed by atoms with E-state index in [9.17, 15) is 18.0 Å². The Morgan fingerprint density at radius 3 is 2.72 bits per heavy atom. The van der Waals surface area contributed by atoms with Crippen LogP contribution in [0.3, 0.4) is 0 Å². The number of hydrogen-bond donors (Lipinski definition) is 2. The van der Waals surface area contributed by atoms with E-state index in [1.54, 1.807) is 11.1 Å². The average molecular weight is 502 g/mol. The smallest absolute Gasteiger partial charge is 0.378 e. The fraction of sp³-hybridized carbons (Fsp3) is 0.538. The molecule has 2 saturated carbocycles. The molecular formula is C26H30F3N5O2. The summed E-state index contributed by atoms with van der Waals surface area (Å²) in [6.07, 6.45) is -0.746. The number of carbonyl (C=O) groups is 1. The van der Waals surface area contributed by atoms with Crippen molar-refractivity contribution >= 4 is 28.8 Å². The van der Waals surface area contributed by atoms with Crippen molar-refractivity contribution < 1.29 is 22.7 Å². The summed E-state index contributed by atoms with van der Waals surface area (Å²) in [4.78, 5) is 22.4. The number of fused-ring (bicyclic) bond motifs is 2. The zero-order valence-corrected chi connectivity index (χ0v) is 20.0. The second-order valence-electron chi connectivity index (χ2n) is 10.3. The summed E-state index contributed by atoms with van der Waals surface area (Å²) in [5.74, 6) is 0.333. The predicted octanol–water partition coefficient (Wildman–Crippen LogP) is 4.36. The Hall–Kier alpha value is -2.85. The number of nitrogens with zero attached hydrogens (tertiary/aromatic N) is 3. The summed E-state index contributed by atoms with van der Waals surface area (Å²) in [6, 6.07) is 9.54. The van der Waals surface area contributed by atoms with Crippen molar-refractivity contribution in [3.63, 3.8) is 0 Å². The Balaban J connectivity index is 1.27. The lowest BCUT2D eigenvalue weighted by molar-refractivity contribution is -0.167.